The molecule has 2 aromatic heterocycles. The summed E-state index contributed by atoms with van der Waals surface area (Å²) in [4.78, 5) is 24.7. The van der Waals surface area contributed by atoms with E-state index in [1.807, 2.05) is 37.3 Å². The van der Waals surface area contributed by atoms with Crippen LogP contribution in [-0.2, 0) is 21.4 Å². The highest BCUT2D eigenvalue weighted by atomic mass is 32.2. The smallest absolute Gasteiger partial charge is 0.247 e. The van der Waals surface area contributed by atoms with Crippen molar-refractivity contribution in [2.45, 2.75) is 37.2 Å². The number of fused-ring (bicyclic) bond motifs is 1. The lowest BCUT2D eigenvalue weighted by atomic mass is 10.2. The van der Waals surface area contributed by atoms with Crippen LogP contribution >= 0.6 is 11.3 Å². The number of aromatic nitrogens is 2. The molecule has 0 spiro atoms. The van der Waals surface area contributed by atoms with E-state index in [4.69, 9.17) is 9.72 Å². The first-order valence-corrected chi connectivity index (χ1v) is 13.9. The number of thiazole rings is 1. The molecule has 0 N–H and O–H groups in total. The third-order valence-electron chi connectivity index (χ3n) is 6.26. The monoisotopic (exact) mass is 522 g/mol. The van der Waals surface area contributed by atoms with Gasteiger partial charge in [0.2, 0.25) is 15.9 Å². The fourth-order valence-corrected chi connectivity index (χ4v) is 7.00. The molecule has 1 atom stereocenters. The molecule has 10 heteroatoms. The van der Waals surface area contributed by atoms with Gasteiger partial charge in [-0.25, -0.2) is 13.4 Å². The van der Waals surface area contributed by atoms with Gasteiger partial charge in [-0.3, -0.25) is 14.7 Å². The Morgan fingerprint density at radius 2 is 2.00 bits per heavy atom. The van der Waals surface area contributed by atoms with Crippen LogP contribution in [-0.4, -0.2) is 48.3 Å². The second-order valence-corrected chi connectivity index (χ2v) is 11.6. The zero-order valence-electron chi connectivity index (χ0n) is 20.0. The van der Waals surface area contributed by atoms with Crippen LogP contribution in [0.1, 0.15) is 24.0 Å². The first-order chi connectivity index (χ1) is 17.4. The van der Waals surface area contributed by atoms with Crippen LogP contribution in [0.25, 0.3) is 10.2 Å². The van der Waals surface area contributed by atoms with Crippen LogP contribution in [0.5, 0.6) is 5.75 Å². The molecule has 5 rings (SSSR count). The summed E-state index contributed by atoms with van der Waals surface area (Å²) in [5.74, 6) is 0.409. The van der Waals surface area contributed by atoms with Crippen LogP contribution in [0.2, 0.25) is 0 Å². The molecule has 0 radical (unpaired) electrons. The van der Waals surface area contributed by atoms with Gasteiger partial charge >= 0.3 is 0 Å². The van der Waals surface area contributed by atoms with E-state index in [9.17, 15) is 13.2 Å². The normalized spacial score (nSPS) is 16.3. The van der Waals surface area contributed by atoms with E-state index < -0.39 is 16.1 Å². The molecule has 1 fully saturated rings. The summed E-state index contributed by atoms with van der Waals surface area (Å²) in [6, 6.07) is 15.2. The zero-order valence-corrected chi connectivity index (χ0v) is 21.6. The molecule has 0 aliphatic carbocycles. The van der Waals surface area contributed by atoms with Gasteiger partial charge in [0.15, 0.2) is 5.13 Å². The van der Waals surface area contributed by atoms with Crippen LogP contribution < -0.4 is 9.64 Å². The molecular formula is C26H26N4O4S2. The molecule has 0 bridgehead atoms. The molecule has 1 aliphatic rings. The number of rotatable bonds is 7. The lowest BCUT2D eigenvalue weighted by Crippen LogP contribution is -2.47. The van der Waals surface area contributed by atoms with Gasteiger partial charge in [-0.1, -0.05) is 35.1 Å². The molecule has 36 heavy (non-hydrogen) atoms. The largest absolute Gasteiger partial charge is 0.497 e. The molecule has 186 valence electrons. The van der Waals surface area contributed by atoms with Gasteiger partial charge < -0.3 is 4.74 Å². The predicted octanol–water partition coefficient (Wildman–Crippen LogP) is 4.39. The Hall–Kier alpha value is -3.34. The SMILES string of the molecule is COc1ccc2nc(N(Cc3cccnc3)C(=O)C3CCCN3S(=O)(=O)c3ccc(C)cc3)sc2c1. The first-order valence-electron chi connectivity index (χ1n) is 11.6. The summed E-state index contributed by atoms with van der Waals surface area (Å²) < 4.78 is 34.6. The summed E-state index contributed by atoms with van der Waals surface area (Å²) in [6.45, 7) is 2.44. The number of methoxy groups -OCH3 is 1. The number of sulfonamides is 1. The molecule has 1 unspecified atom stereocenters. The maximum atomic E-state index is 14.0. The number of nitrogens with zero attached hydrogens (tertiary/aromatic N) is 4. The van der Waals surface area contributed by atoms with Gasteiger partial charge in [0, 0.05) is 18.9 Å². The lowest BCUT2D eigenvalue weighted by molar-refractivity contribution is -0.121. The van der Waals surface area contributed by atoms with Crippen molar-refractivity contribution in [3.63, 3.8) is 0 Å². The number of pyridine rings is 1. The Kier molecular flexibility index (Phi) is 6.74. The van der Waals surface area contributed by atoms with Crippen LogP contribution in [0.15, 0.2) is 71.9 Å². The minimum absolute atomic E-state index is 0.193. The number of hydrogen-bond acceptors (Lipinski definition) is 7. The number of aryl methyl sites for hydroxylation is 1. The Morgan fingerprint density at radius 3 is 2.72 bits per heavy atom. The van der Waals surface area contributed by atoms with Gasteiger partial charge in [0.05, 0.1) is 28.8 Å². The van der Waals surface area contributed by atoms with Crippen molar-refractivity contribution in [2.75, 3.05) is 18.6 Å². The van der Waals surface area contributed by atoms with E-state index in [-0.39, 0.29) is 17.3 Å². The maximum absolute atomic E-state index is 14.0. The molecule has 0 saturated carbocycles. The number of carbonyl (C=O) groups excluding carboxylic acids is 1. The minimum Gasteiger partial charge on any atom is -0.497 e. The molecule has 8 nitrogen and oxygen atoms in total. The third-order valence-corrected chi connectivity index (χ3v) is 9.22. The van der Waals surface area contributed by atoms with Crippen molar-refractivity contribution in [1.82, 2.24) is 14.3 Å². The highest BCUT2D eigenvalue weighted by molar-refractivity contribution is 7.89. The fraction of sp³-hybridized carbons (Fsp3) is 0.269. The van der Waals surface area contributed by atoms with Gasteiger partial charge in [0.1, 0.15) is 11.8 Å². The Balaban J connectivity index is 1.52. The molecule has 1 saturated heterocycles. The van der Waals surface area contributed by atoms with E-state index in [0.29, 0.717) is 30.3 Å². The van der Waals surface area contributed by atoms with Crippen LogP contribution in [0, 0.1) is 6.92 Å². The van der Waals surface area contributed by atoms with Gasteiger partial charge in [-0.05, 0) is 61.7 Å². The number of hydrogen-bond donors (Lipinski definition) is 0. The molecule has 1 amide bonds. The van der Waals surface area contributed by atoms with Gasteiger partial charge in [-0.15, -0.1) is 0 Å². The average Bonchev–Trinajstić information content (AvgIpc) is 3.55. The van der Waals surface area contributed by atoms with Crippen LogP contribution in [0.4, 0.5) is 5.13 Å². The molecule has 4 aromatic rings. The van der Waals surface area contributed by atoms with E-state index in [1.54, 1.807) is 48.7 Å². The van der Waals surface area contributed by atoms with Gasteiger partial charge in [0.25, 0.3) is 0 Å². The summed E-state index contributed by atoms with van der Waals surface area (Å²) in [6.07, 6.45) is 4.43. The number of carbonyl (C=O) groups is 1. The van der Waals surface area contributed by atoms with Crippen molar-refractivity contribution in [3.8, 4) is 5.75 Å². The van der Waals surface area contributed by atoms with E-state index >= 15 is 0 Å². The topological polar surface area (TPSA) is 92.7 Å². The van der Waals surface area contributed by atoms with Crippen LogP contribution in [0.3, 0.4) is 0 Å². The zero-order chi connectivity index (χ0) is 25.3. The lowest BCUT2D eigenvalue weighted by Gasteiger charge is -2.28. The van der Waals surface area contributed by atoms with Crippen molar-refractivity contribution in [1.29, 1.82) is 0 Å². The van der Waals surface area contributed by atoms with Crippen molar-refractivity contribution in [2.24, 2.45) is 0 Å². The second kappa shape index (κ2) is 9.96. The summed E-state index contributed by atoms with van der Waals surface area (Å²) in [7, 11) is -2.23. The standard InChI is InChI=1S/C26H26N4O4S2/c1-18-7-10-21(11-8-18)36(32,33)30-14-4-6-23(30)25(31)29(17-19-5-3-13-27-16-19)26-28-22-12-9-20(34-2)15-24(22)35-26/h3,5,7-13,15-16,23H,4,6,14,17H2,1-2H3. The number of benzene rings is 2. The molecule has 2 aromatic carbocycles. The Labute approximate surface area is 214 Å². The van der Waals surface area contributed by atoms with Crippen molar-refractivity contribution >= 4 is 42.6 Å². The maximum Gasteiger partial charge on any atom is 0.247 e. The fourth-order valence-electron chi connectivity index (χ4n) is 4.35. The third kappa shape index (κ3) is 4.71. The van der Waals surface area contributed by atoms with E-state index in [2.05, 4.69) is 4.98 Å². The summed E-state index contributed by atoms with van der Waals surface area (Å²) in [5, 5.41) is 0.506. The van der Waals surface area contributed by atoms with E-state index in [1.165, 1.54) is 15.6 Å². The highest BCUT2D eigenvalue weighted by Gasteiger charge is 2.42. The number of amides is 1. The first kappa shape index (κ1) is 24.4. The Morgan fingerprint density at radius 1 is 1.19 bits per heavy atom. The second-order valence-electron chi connectivity index (χ2n) is 8.70. The molecule has 3 heterocycles. The summed E-state index contributed by atoms with van der Waals surface area (Å²) >= 11 is 1.37. The number of anilines is 1. The Bertz CT molecular complexity index is 1490. The minimum atomic E-state index is -3.83. The summed E-state index contributed by atoms with van der Waals surface area (Å²) in [5.41, 5.74) is 2.54. The highest BCUT2D eigenvalue weighted by Crippen LogP contribution is 2.35. The van der Waals surface area contributed by atoms with Crippen molar-refractivity contribution in [3.05, 3.63) is 78.1 Å². The van der Waals surface area contributed by atoms with Crippen molar-refractivity contribution < 1.29 is 17.9 Å². The molecular weight excluding hydrogens is 496 g/mol. The number of ether oxygens (including phenoxy) is 1. The van der Waals surface area contributed by atoms with E-state index in [0.717, 1.165) is 21.3 Å². The average molecular weight is 523 g/mol. The molecule has 1 aliphatic heterocycles. The quantitative estimate of drug-likeness (QED) is 0.357. The van der Waals surface area contributed by atoms with Gasteiger partial charge in [-0.2, -0.15) is 4.31 Å². The predicted molar refractivity (Wildman–Crippen MR) is 140 cm³/mol.